The molecule has 0 aliphatic carbocycles. The molecule has 0 saturated carbocycles. The van der Waals surface area contributed by atoms with Crippen molar-refractivity contribution in [2.75, 3.05) is 12.0 Å². The molecule has 3 aromatic carbocycles. The first kappa shape index (κ1) is 25.2. The number of para-hydroxylation sites is 1. The highest BCUT2D eigenvalue weighted by atomic mass is 35.5. The topological polar surface area (TPSA) is 90.6 Å². The van der Waals surface area contributed by atoms with Crippen molar-refractivity contribution in [3.05, 3.63) is 111 Å². The minimum atomic E-state index is -0.485. The van der Waals surface area contributed by atoms with Gasteiger partial charge in [-0.25, -0.2) is 4.98 Å². The van der Waals surface area contributed by atoms with E-state index in [9.17, 15) is 4.79 Å². The van der Waals surface area contributed by atoms with E-state index in [-0.39, 0.29) is 10.8 Å². The Hall–Kier alpha value is -4.47. The maximum atomic E-state index is 12.8. The highest BCUT2D eigenvalue weighted by Crippen LogP contribution is 2.34. The Labute approximate surface area is 227 Å². The number of hydrazone groups is 1. The number of halogens is 1. The molecular formula is C28H22ClN5O3S. The molecule has 0 aliphatic heterocycles. The van der Waals surface area contributed by atoms with E-state index in [2.05, 4.69) is 20.6 Å². The van der Waals surface area contributed by atoms with E-state index in [1.165, 1.54) is 22.2 Å². The monoisotopic (exact) mass is 543 g/mol. The van der Waals surface area contributed by atoms with Gasteiger partial charge < -0.3 is 9.47 Å². The second-order valence-corrected chi connectivity index (χ2v) is 9.13. The highest BCUT2D eigenvalue weighted by molar-refractivity contribution is 7.14. The number of anilines is 1. The number of nitrogens with zero attached hydrogens (tertiary/aromatic N) is 4. The zero-order valence-corrected chi connectivity index (χ0v) is 21.8. The lowest BCUT2D eigenvalue weighted by molar-refractivity contribution is 0.321. The summed E-state index contributed by atoms with van der Waals surface area (Å²) in [6.07, 6.45) is 3.06. The minimum absolute atomic E-state index is 0.0838. The van der Waals surface area contributed by atoms with Crippen LogP contribution in [-0.4, -0.2) is 27.6 Å². The quantitative estimate of drug-likeness (QED) is 0.165. The van der Waals surface area contributed by atoms with Crippen LogP contribution in [0.15, 0.2) is 100 Å². The average molecular weight is 544 g/mol. The van der Waals surface area contributed by atoms with Crippen LogP contribution >= 0.6 is 22.9 Å². The van der Waals surface area contributed by atoms with Crippen LogP contribution in [0.2, 0.25) is 5.02 Å². The van der Waals surface area contributed by atoms with Crippen molar-refractivity contribution in [3.63, 3.8) is 0 Å². The van der Waals surface area contributed by atoms with E-state index in [4.69, 9.17) is 21.1 Å². The van der Waals surface area contributed by atoms with E-state index >= 15 is 0 Å². The standard InChI is InChI=1S/C28H22ClN5O3S/c1-2-36-24-15-19(16-30-33-28-32-22(18-38-28)20-9-5-3-6-10-20)13-14-23(24)37-25-17-31-34(27(35)26(25)29)21-11-7-4-8-12-21/h3-18H,2H2,1H3,(H,32,33). The molecule has 0 saturated heterocycles. The molecule has 5 aromatic rings. The van der Waals surface area contributed by atoms with E-state index in [0.29, 0.717) is 28.9 Å². The summed E-state index contributed by atoms with van der Waals surface area (Å²) in [5.41, 5.74) is 5.79. The third-order valence-corrected chi connectivity index (χ3v) is 6.42. The van der Waals surface area contributed by atoms with Gasteiger partial charge in [-0.3, -0.25) is 10.2 Å². The molecule has 190 valence electrons. The van der Waals surface area contributed by atoms with Crippen LogP contribution in [0, 0.1) is 0 Å². The Morgan fingerprint density at radius 3 is 2.55 bits per heavy atom. The molecule has 8 nitrogen and oxygen atoms in total. The summed E-state index contributed by atoms with van der Waals surface area (Å²) in [4.78, 5) is 17.4. The lowest BCUT2D eigenvalue weighted by Gasteiger charge is -2.13. The summed E-state index contributed by atoms with van der Waals surface area (Å²) in [7, 11) is 0. The summed E-state index contributed by atoms with van der Waals surface area (Å²) in [6.45, 7) is 2.28. The first-order chi connectivity index (χ1) is 18.6. The smallest absolute Gasteiger partial charge is 0.294 e. The molecule has 0 bridgehead atoms. The molecule has 38 heavy (non-hydrogen) atoms. The van der Waals surface area contributed by atoms with Crippen LogP contribution in [0.4, 0.5) is 5.13 Å². The summed E-state index contributed by atoms with van der Waals surface area (Å²) in [5, 5.41) is 11.1. The fourth-order valence-electron chi connectivity index (χ4n) is 3.55. The van der Waals surface area contributed by atoms with Crippen LogP contribution in [0.1, 0.15) is 12.5 Å². The van der Waals surface area contributed by atoms with Gasteiger partial charge in [-0.1, -0.05) is 60.1 Å². The fraction of sp³-hybridized carbons (Fsp3) is 0.0714. The molecule has 2 heterocycles. The Morgan fingerprint density at radius 1 is 1.03 bits per heavy atom. The Balaban J connectivity index is 1.31. The summed E-state index contributed by atoms with van der Waals surface area (Å²) >= 11 is 7.82. The minimum Gasteiger partial charge on any atom is -0.490 e. The molecule has 5 rings (SSSR count). The summed E-state index contributed by atoms with van der Waals surface area (Å²) in [6, 6.07) is 24.3. The van der Waals surface area contributed by atoms with Gasteiger partial charge in [0.25, 0.3) is 5.56 Å². The van der Waals surface area contributed by atoms with Gasteiger partial charge >= 0.3 is 0 Å². The number of rotatable bonds is 9. The van der Waals surface area contributed by atoms with Gasteiger partial charge in [0.1, 0.15) is 0 Å². The number of benzene rings is 3. The number of nitrogens with one attached hydrogen (secondary N) is 1. The molecule has 0 fully saturated rings. The Bertz CT molecular complexity index is 1620. The maximum Gasteiger partial charge on any atom is 0.294 e. The predicted molar refractivity (Wildman–Crippen MR) is 151 cm³/mol. The first-order valence-electron chi connectivity index (χ1n) is 11.7. The normalized spacial score (nSPS) is 11.0. The number of thiazole rings is 1. The van der Waals surface area contributed by atoms with Crippen LogP contribution in [0.25, 0.3) is 16.9 Å². The van der Waals surface area contributed by atoms with Crippen LogP contribution in [0.3, 0.4) is 0 Å². The van der Waals surface area contributed by atoms with Gasteiger partial charge in [0.15, 0.2) is 22.3 Å². The molecular weight excluding hydrogens is 522 g/mol. The largest absolute Gasteiger partial charge is 0.490 e. The molecule has 0 unspecified atom stereocenters. The third-order valence-electron chi connectivity index (χ3n) is 5.32. The van der Waals surface area contributed by atoms with Crippen LogP contribution in [0.5, 0.6) is 17.2 Å². The molecule has 0 amide bonds. The Morgan fingerprint density at radius 2 is 1.79 bits per heavy atom. The number of ether oxygens (including phenoxy) is 2. The van der Waals surface area contributed by atoms with Gasteiger partial charge in [0.2, 0.25) is 5.13 Å². The summed E-state index contributed by atoms with van der Waals surface area (Å²) < 4.78 is 12.9. The second kappa shape index (κ2) is 11.7. The molecule has 10 heteroatoms. The Kier molecular flexibility index (Phi) is 7.77. The van der Waals surface area contributed by atoms with Gasteiger partial charge in [-0.2, -0.15) is 14.9 Å². The fourth-order valence-corrected chi connectivity index (χ4v) is 4.38. The predicted octanol–water partition coefficient (Wildman–Crippen LogP) is 6.65. The SMILES string of the molecule is CCOc1cc(C=NNc2nc(-c3ccccc3)cs2)ccc1Oc1cnn(-c2ccccc2)c(=O)c1Cl. The van der Waals surface area contributed by atoms with Crippen molar-refractivity contribution in [2.45, 2.75) is 6.92 Å². The van der Waals surface area contributed by atoms with E-state index in [1.807, 2.05) is 66.9 Å². The van der Waals surface area contributed by atoms with Crippen LogP contribution in [-0.2, 0) is 0 Å². The van der Waals surface area contributed by atoms with Gasteiger partial charge in [-0.15, -0.1) is 11.3 Å². The van der Waals surface area contributed by atoms with E-state index < -0.39 is 5.56 Å². The molecule has 2 aromatic heterocycles. The number of aromatic nitrogens is 3. The zero-order chi connectivity index (χ0) is 26.3. The molecule has 1 N–H and O–H groups in total. The van der Waals surface area contributed by atoms with Crippen molar-refractivity contribution in [1.29, 1.82) is 0 Å². The third kappa shape index (κ3) is 5.74. The van der Waals surface area contributed by atoms with Gasteiger partial charge in [-0.05, 0) is 42.8 Å². The number of hydrogen-bond donors (Lipinski definition) is 1. The molecule has 0 atom stereocenters. The average Bonchev–Trinajstić information content (AvgIpc) is 3.43. The maximum absolute atomic E-state index is 12.8. The second-order valence-electron chi connectivity index (χ2n) is 7.89. The van der Waals surface area contributed by atoms with Crippen LogP contribution < -0.4 is 20.5 Å². The van der Waals surface area contributed by atoms with Crippen molar-refractivity contribution in [1.82, 2.24) is 14.8 Å². The molecule has 0 spiro atoms. The van der Waals surface area contributed by atoms with Crippen molar-refractivity contribution in [3.8, 4) is 34.2 Å². The first-order valence-corrected chi connectivity index (χ1v) is 13.0. The lowest BCUT2D eigenvalue weighted by atomic mass is 10.2. The van der Waals surface area contributed by atoms with Gasteiger partial charge in [0.05, 0.1) is 30.4 Å². The zero-order valence-electron chi connectivity index (χ0n) is 20.2. The molecule has 0 radical (unpaired) electrons. The van der Waals surface area contributed by atoms with Crippen molar-refractivity contribution in [2.24, 2.45) is 5.10 Å². The van der Waals surface area contributed by atoms with Crippen molar-refractivity contribution < 1.29 is 9.47 Å². The lowest BCUT2D eigenvalue weighted by Crippen LogP contribution is -2.21. The highest BCUT2D eigenvalue weighted by Gasteiger charge is 2.15. The van der Waals surface area contributed by atoms with Gasteiger partial charge in [0, 0.05) is 10.9 Å². The van der Waals surface area contributed by atoms with Crippen molar-refractivity contribution >= 4 is 34.3 Å². The number of hydrogen-bond acceptors (Lipinski definition) is 8. The summed E-state index contributed by atoms with van der Waals surface area (Å²) in [5.74, 6) is 0.996. The molecule has 0 aliphatic rings. The van der Waals surface area contributed by atoms with E-state index in [1.54, 1.807) is 30.5 Å². The van der Waals surface area contributed by atoms with E-state index in [0.717, 1.165) is 16.8 Å².